The molecule has 22 heavy (non-hydrogen) atoms. The van der Waals surface area contributed by atoms with E-state index in [0.717, 1.165) is 0 Å². The third-order valence-electron chi connectivity index (χ3n) is 2.24. The molecule has 2 aliphatic heterocycles. The van der Waals surface area contributed by atoms with Gasteiger partial charge in [0.2, 0.25) is 12.1 Å². The van der Waals surface area contributed by atoms with Gasteiger partial charge in [-0.15, -0.1) is 0 Å². The first-order valence-electron chi connectivity index (χ1n) is 5.10. The molecule has 4 N–H and O–H groups in total. The summed E-state index contributed by atoms with van der Waals surface area (Å²) in [6.07, 6.45) is 0. The zero-order valence-corrected chi connectivity index (χ0v) is 15.5. The molecule has 2 saturated heterocycles. The van der Waals surface area contributed by atoms with Crippen molar-refractivity contribution < 1.29 is 28.8 Å². The van der Waals surface area contributed by atoms with Crippen LogP contribution in [0, 0.1) is 0 Å². The molecule has 0 spiro atoms. The average Bonchev–Trinajstić information content (AvgIpc) is 2.30. The average molecular weight is 328 g/mol. The second-order valence-corrected chi connectivity index (χ2v) is 3.65. The summed E-state index contributed by atoms with van der Waals surface area (Å²) in [5, 5.41) is 13.5. The van der Waals surface area contributed by atoms with Gasteiger partial charge in [0.1, 0.15) is 0 Å². The number of nitrogens with zero attached hydrogens (tertiary/aromatic N) is 2. The number of hydrogen-bond donors (Lipinski definition) is 4. The molecule has 2 rings (SSSR count). The topological polar surface area (TPSA) is 175 Å². The summed E-state index contributed by atoms with van der Waals surface area (Å²) in [6, 6.07) is -5.42. The predicted octanol–water partition coefficient (Wildman–Crippen LogP) is -3.85. The number of rotatable bonds is 2. The predicted molar refractivity (Wildman–Crippen MR) is 67.3 cm³/mol. The third-order valence-corrected chi connectivity index (χ3v) is 2.24. The fourth-order valence-electron chi connectivity index (χ4n) is 1.36. The summed E-state index contributed by atoms with van der Waals surface area (Å²) in [5.41, 5.74) is 0. The van der Waals surface area contributed by atoms with Crippen molar-refractivity contribution in [3.8, 4) is 0 Å². The van der Waals surface area contributed by atoms with E-state index in [9.17, 15) is 28.8 Å². The van der Waals surface area contributed by atoms with E-state index in [1.807, 2.05) is 0 Å². The van der Waals surface area contributed by atoms with E-state index in [0.29, 0.717) is 0 Å². The number of barbiturate groups is 2. The number of amides is 8. The number of hydrogen-bond acceptors (Lipinski definition) is 8. The third kappa shape index (κ3) is 4.66. The molecule has 0 atom stereocenters. The maximum atomic E-state index is 11.3. The van der Waals surface area contributed by atoms with Gasteiger partial charge in [0.25, 0.3) is 23.6 Å². The van der Waals surface area contributed by atoms with Crippen molar-refractivity contribution in [2.75, 3.05) is 0 Å². The Labute approximate surface area is 166 Å². The van der Waals surface area contributed by atoms with Crippen LogP contribution < -0.4 is 21.3 Å². The summed E-state index contributed by atoms with van der Waals surface area (Å²) in [7, 11) is 0. The van der Waals surface area contributed by atoms with Crippen LogP contribution in [0.2, 0.25) is 0 Å². The molecule has 0 bridgehead atoms. The summed E-state index contributed by atoms with van der Waals surface area (Å²) in [4.78, 5) is 66.8. The molecule has 2 radical (unpaired) electrons. The van der Waals surface area contributed by atoms with Crippen LogP contribution in [0.25, 0.3) is 0 Å². The molecule has 0 aliphatic carbocycles. The molecular formula is C8H6N6Na2O6. The van der Waals surface area contributed by atoms with Crippen LogP contribution >= 0.6 is 0 Å². The monoisotopic (exact) mass is 328 g/mol. The Kier molecular flexibility index (Phi) is 8.00. The molecule has 2 fully saturated rings. The Morgan fingerprint density at radius 1 is 0.545 bits per heavy atom. The van der Waals surface area contributed by atoms with Gasteiger partial charge in [-0.3, -0.25) is 40.4 Å². The standard InChI is InChI=1S/C8H6N6O6.2Na/c15-3-1(4(16)10-7(19)9-3)13-14-2-5(17)11-8(20)12-6(2)18;;/h1-2H,(H2,9,10,15,16,19)(H2,11,12,17,18,20);;. The summed E-state index contributed by atoms with van der Waals surface area (Å²) >= 11 is 0. The molecule has 0 aromatic rings. The van der Waals surface area contributed by atoms with Gasteiger partial charge >= 0.3 is 12.1 Å². The first-order valence-corrected chi connectivity index (χ1v) is 5.10. The SMILES string of the molecule is O=C1NC(=O)C(N=NC2C(=O)NC(=O)NC2=O)C(=O)N1.[Na].[Na]. The second kappa shape index (κ2) is 8.45. The Morgan fingerprint density at radius 3 is 1.00 bits per heavy atom. The van der Waals surface area contributed by atoms with Crippen molar-refractivity contribution in [3.05, 3.63) is 0 Å². The van der Waals surface area contributed by atoms with Crippen molar-refractivity contribution in [2.24, 2.45) is 10.2 Å². The van der Waals surface area contributed by atoms with Crippen molar-refractivity contribution in [2.45, 2.75) is 12.1 Å². The number of imide groups is 4. The molecule has 0 aromatic heterocycles. The first kappa shape index (κ1) is 20.8. The van der Waals surface area contributed by atoms with Gasteiger partial charge in [0.05, 0.1) is 0 Å². The fraction of sp³-hybridized carbons (Fsp3) is 0.250. The van der Waals surface area contributed by atoms with Gasteiger partial charge in [-0.05, 0) is 0 Å². The Bertz CT molecular complexity index is 502. The zero-order valence-electron chi connectivity index (χ0n) is 11.5. The number of urea groups is 2. The molecular weight excluding hydrogens is 322 g/mol. The molecule has 12 nitrogen and oxygen atoms in total. The fourth-order valence-corrected chi connectivity index (χ4v) is 1.36. The smallest absolute Gasteiger partial charge is 0.275 e. The minimum absolute atomic E-state index is 0. The zero-order chi connectivity index (χ0) is 14.9. The van der Waals surface area contributed by atoms with Gasteiger partial charge in [-0.1, -0.05) is 0 Å². The van der Waals surface area contributed by atoms with Crippen LogP contribution in [-0.2, 0) is 19.2 Å². The summed E-state index contributed by atoms with van der Waals surface area (Å²) in [6.45, 7) is 0. The van der Waals surface area contributed by atoms with E-state index in [1.165, 1.54) is 0 Å². The maximum absolute atomic E-state index is 11.3. The molecule has 0 aromatic carbocycles. The molecule has 2 aliphatic rings. The maximum Gasteiger partial charge on any atom is 0.328 e. The van der Waals surface area contributed by atoms with Crippen LogP contribution in [0.3, 0.4) is 0 Å². The molecule has 106 valence electrons. The molecule has 2 heterocycles. The quantitative estimate of drug-likeness (QED) is 0.229. The van der Waals surface area contributed by atoms with E-state index < -0.39 is 47.8 Å². The molecule has 0 saturated carbocycles. The Morgan fingerprint density at radius 2 is 0.773 bits per heavy atom. The van der Waals surface area contributed by atoms with Gasteiger partial charge in [-0.2, -0.15) is 10.2 Å². The largest absolute Gasteiger partial charge is 0.328 e. The normalized spacial score (nSPS) is 19.6. The van der Waals surface area contributed by atoms with Crippen molar-refractivity contribution >= 4 is 94.8 Å². The number of nitrogens with one attached hydrogen (secondary N) is 4. The van der Waals surface area contributed by atoms with Crippen LogP contribution in [0.1, 0.15) is 0 Å². The molecule has 0 unspecified atom stereocenters. The Hall–Kier alpha value is -1.18. The molecule has 14 heteroatoms. The first-order chi connectivity index (χ1) is 9.38. The van der Waals surface area contributed by atoms with E-state index in [4.69, 9.17) is 0 Å². The molecule has 8 amide bonds. The van der Waals surface area contributed by atoms with Crippen LogP contribution in [0.15, 0.2) is 10.2 Å². The summed E-state index contributed by atoms with van der Waals surface area (Å²) in [5.74, 6) is -4.18. The Balaban J connectivity index is 0.00000220. The number of carbonyl (C=O) groups excluding carboxylic acids is 6. The van der Waals surface area contributed by atoms with Crippen molar-refractivity contribution in [3.63, 3.8) is 0 Å². The second-order valence-electron chi connectivity index (χ2n) is 3.65. The minimum atomic E-state index is -1.70. The van der Waals surface area contributed by atoms with Gasteiger partial charge < -0.3 is 0 Å². The van der Waals surface area contributed by atoms with E-state index in [-0.39, 0.29) is 59.1 Å². The number of carbonyl (C=O) groups is 6. The van der Waals surface area contributed by atoms with E-state index in [1.54, 1.807) is 21.3 Å². The van der Waals surface area contributed by atoms with Crippen LogP contribution in [0.4, 0.5) is 9.59 Å². The van der Waals surface area contributed by atoms with E-state index in [2.05, 4.69) is 10.2 Å². The van der Waals surface area contributed by atoms with E-state index >= 15 is 0 Å². The minimum Gasteiger partial charge on any atom is -0.275 e. The van der Waals surface area contributed by atoms with Crippen LogP contribution in [0.5, 0.6) is 0 Å². The van der Waals surface area contributed by atoms with Gasteiger partial charge in [-0.25, -0.2) is 9.59 Å². The van der Waals surface area contributed by atoms with Gasteiger partial charge in [0, 0.05) is 59.1 Å². The van der Waals surface area contributed by atoms with Gasteiger partial charge in [0.15, 0.2) is 0 Å². The van der Waals surface area contributed by atoms with Crippen LogP contribution in [-0.4, -0.2) is 107 Å². The van der Waals surface area contributed by atoms with Crippen molar-refractivity contribution in [1.82, 2.24) is 21.3 Å². The number of azo groups is 1. The summed E-state index contributed by atoms with van der Waals surface area (Å²) < 4.78 is 0. The van der Waals surface area contributed by atoms with Crippen molar-refractivity contribution in [1.29, 1.82) is 0 Å².